The molecule has 0 spiro atoms. The summed E-state index contributed by atoms with van der Waals surface area (Å²) in [6.07, 6.45) is 1.26. The van der Waals surface area contributed by atoms with E-state index in [1.165, 1.54) is 0 Å². The molecule has 1 aromatic rings. The summed E-state index contributed by atoms with van der Waals surface area (Å²) in [6, 6.07) is 1.87. The van der Waals surface area contributed by atoms with Crippen molar-refractivity contribution in [2.75, 3.05) is 38.0 Å². The van der Waals surface area contributed by atoms with E-state index in [9.17, 15) is 4.79 Å². The summed E-state index contributed by atoms with van der Waals surface area (Å²) in [5.41, 5.74) is 1.24. The van der Waals surface area contributed by atoms with Crippen LogP contribution in [0.3, 0.4) is 0 Å². The summed E-state index contributed by atoms with van der Waals surface area (Å²) in [7, 11) is 5.48. The molecule has 1 amide bonds. The lowest BCUT2D eigenvalue weighted by Crippen LogP contribution is -2.38. The van der Waals surface area contributed by atoms with Gasteiger partial charge in [-0.3, -0.25) is 0 Å². The van der Waals surface area contributed by atoms with Crippen molar-refractivity contribution >= 4 is 17.5 Å². The van der Waals surface area contributed by atoms with Crippen molar-refractivity contribution in [2.45, 2.75) is 39.3 Å². The second kappa shape index (κ2) is 7.89. The maximum Gasteiger partial charge on any atom is 0.407 e. The Hall–Kier alpha value is -2.18. The van der Waals surface area contributed by atoms with Crippen LogP contribution in [0.5, 0.6) is 5.88 Å². The molecule has 7 nitrogen and oxygen atoms in total. The number of amides is 1. The number of hydrogen-bond donors (Lipinski definition) is 2. The lowest BCUT2D eigenvalue weighted by Gasteiger charge is -2.24. The number of carbonyl (C=O) groups excluding carboxylic acids is 1. The summed E-state index contributed by atoms with van der Waals surface area (Å²) in [5.74, 6) is 0.514. The molecule has 1 unspecified atom stereocenters. The Bertz CT molecular complexity index is 527. The van der Waals surface area contributed by atoms with Crippen LogP contribution in [0.15, 0.2) is 12.3 Å². The van der Waals surface area contributed by atoms with Crippen LogP contribution in [-0.4, -0.2) is 50.5 Å². The van der Waals surface area contributed by atoms with Gasteiger partial charge in [-0.15, -0.1) is 0 Å². The lowest BCUT2D eigenvalue weighted by atomic mass is 10.2. The molecule has 0 aliphatic heterocycles. The van der Waals surface area contributed by atoms with Gasteiger partial charge in [-0.1, -0.05) is 0 Å². The maximum absolute atomic E-state index is 11.7. The van der Waals surface area contributed by atoms with Crippen molar-refractivity contribution in [1.29, 1.82) is 0 Å². The number of methoxy groups -OCH3 is 1. The third-order valence-electron chi connectivity index (χ3n) is 2.91. The number of ether oxygens (including phenoxy) is 2. The van der Waals surface area contributed by atoms with E-state index in [-0.39, 0.29) is 6.04 Å². The summed E-state index contributed by atoms with van der Waals surface area (Å²) >= 11 is 0. The van der Waals surface area contributed by atoms with E-state index in [2.05, 4.69) is 15.6 Å². The quantitative estimate of drug-likeness (QED) is 0.837. The van der Waals surface area contributed by atoms with Crippen LogP contribution in [0, 0.1) is 0 Å². The van der Waals surface area contributed by atoms with Gasteiger partial charge >= 0.3 is 6.09 Å². The molecule has 1 aromatic heterocycles. The number of nitrogens with zero attached hydrogens (tertiary/aromatic N) is 2. The van der Waals surface area contributed by atoms with Crippen molar-refractivity contribution in [2.24, 2.45) is 0 Å². The largest absolute Gasteiger partial charge is 0.479 e. The molecule has 7 heteroatoms. The van der Waals surface area contributed by atoms with Gasteiger partial charge in [0.15, 0.2) is 0 Å². The first-order valence-electron chi connectivity index (χ1n) is 7.57. The van der Waals surface area contributed by atoms with Gasteiger partial charge in [0.05, 0.1) is 12.8 Å². The first kappa shape index (κ1) is 18.9. The average Bonchev–Trinajstić information content (AvgIpc) is 2.43. The van der Waals surface area contributed by atoms with E-state index < -0.39 is 11.7 Å². The van der Waals surface area contributed by atoms with Gasteiger partial charge < -0.3 is 25.0 Å². The van der Waals surface area contributed by atoms with E-state index in [1.54, 1.807) is 13.3 Å². The molecule has 130 valence electrons. The van der Waals surface area contributed by atoms with Crippen molar-refractivity contribution in [3.8, 4) is 5.88 Å². The smallest absolute Gasteiger partial charge is 0.407 e. The monoisotopic (exact) mass is 324 g/mol. The first-order valence-corrected chi connectivity index (χ1v) is 7.57. The van der Waals surface area contributed by atoms with Crippen LogP contribution in [0.4, 0.5) is 16.2 Å². The Labute approximate surface area is 138 Å². The molecule has 0 saturated heterocycles. The Kier molecular flexibility index (Phi) is 6.48. The summed E-state index contributed by atoms with van der Waals surface area (Å²) in [6.45, 7) is 7.87. The molecule has 23 heavy (non-hydrogen) atoms. The highest BCUT2D eigenvalue weighted by Crippen LogP contribution is 2.32. The summed E-state index contributed by atoms with van der Waals surface area (Å²) in [4.78, 5) is 17.9. The number of hydrogen-bond acceptors (Lipinski definition) is 6. The van der Waals surface area contributed by atoms with Gasteiger partial charge in [0.2, 0.25) is 5.88 Å². The third-order valence-corrected chi connectivity index (χ3v) is 2.91. The highest BCUT2D eigenvalue weighted by atomic mass is 16.6. The molecule has 1 atom stereocenters. The van der Waals surface area contributed by atoms with Gasteiger partial charge in [-0.25, -0.2) is 9.78 Å². The molecule has 0 saturated carbocycles. The maximum atomic E-state index is 11.7. The molecular formula is C16H28N4O3. The fourth-order valence-electron chi connectivity index (χ4n) is 1.94. The van der Waals surface area contributed by atoms with Crippen LogP contribution in [-0.2, 0) is 4.74 Å². The fraction of sp³-hybridized carbons (Fsp3) is 0.625. The standard InChI is InChI=1S/C16H28N4O3/c1-11(10-18-15(21)23-16(2,3)4)19-13-12(20(5)6)8-9-17-14(13)22-7/h8-9,11,19H,10H2,1-7H3,(H,18,21). The van der Waals surface area contributed by atoms with E-state index in [0.29, 0.717) is 12.4 Å². The highest BCUT2D eigenvalue weighted by molar-refractivity contribution is 5.74. The van der Waals surface area contributed by atoms with Crippen LogP contribution >= 0.6 is 0 Å². The normalized spacial score (nSPS) is 12.3. The predicted molar refractivity (Wildman–Crippen MR) is 92.4 cm³/mol. The van der Waals surface area contributed by atoms with Crippen molar-refractivity contribution < 1.29 is 14.3 Å². The van der Waals surface area contributed by atoms with Crippen LogP contribution < -0.4 is 20.3 Å². The molecule has 1 rings (SSSR count). The Balaban J connectivity index is 2.70. The minimum Gasteiger partial charge on any atom is -0.479 e. The van der Waals surface area contributed by atoms with Gasteiger partial charge in [-0.05, 0) is 33.8 Å². The lowest BCUT2D eigenvalue weighted by molar-refractivity contribution is 0.0526. The minimum absolute atomic E-state index is 0.0284. The van der Waals surface area contributed by atoms with Gasteiger partial charge in [0, 0.05) is 32.9 Å². The highest BCUT2D eigenvalue weighted by Gasteiger charge is 2.18. The van der Waals surface area contributed by atoms with Gasteiger partial charge in [0.25, 0.3) is 0 Å². The van der Waals surface area contributed by atoms with Gasteiger partial charge in [0.1, 0.15) is 11.3 Å². The topological polar surface area (TPSA) is 75.7 Å². The summed E-state index contributed by atoms with van der Waals surface area (Å²) < 4.78 is 10.5. The van der Waals surface area contributed by atoms with Gasteiger partial charge in [-0.2, -0.15) is 0 Å². The van der Waals surface area contributed by atoms with E-state index in [4.69, 9.17) is 9.47 Å². The zero-order chi connectivity index (χ0) is 17.6. The second-order valence-electron chi connectivity index (χ2n) is 6.54. The molecule has 0 bridgehead atoms. The first-order chi connectivity index (χ1) is 10.6. The molecule has 2 N–H and O–H groups in total. The van der Waals surface area contributed by atoms with Crippen molar-refractivity contribution in [3.63, 3.8) is 0 Å². The number of aromatic nitrogens is 1. The molecule has 1 heterocycles. The van der Waals surface area contributed by atoms with E-state index in [0.717, 1.165) is 11.4 Å². The number of nitrogens with one attached hydrogen (secondary N) is 2. The van der Waals surface area contributed by atoms with Crippen molar-refractivity contribution in [1.82, 2.24) is 10.3 Å². The number of carbonyl (C=O) groups is 1. The summed E-state index contributed by atoms with van der Waals surface area (Å²) in [5, 5.41) is 6.08. The van der Waals surface area contributed by atoms with E-state index in [1.807, 2.05) is 52.8 Å². The average molecular weight is 324 g/mol. The predicted octanol–water partition coefficient (Wildman–Crippen LogP) is 2.48. The molecule has 0 aliphatic rings. The number of anilines is 2. The molecule has 0 aliphatic carbocycles. The Morgan fingerprint density at radius 2 is 2.04 bits per heavy atom. The number of alkyl carbamates (subject to hydrolysis) is 1. The number of rotatable bonds is 6. The molecule has 0 fully saturated rings. The minimum atomic E-state index is -0.509. The SMILES string of the molecule is COc1nccc(N(C)C)c1NC(C)CNC(=O)OC(C)(C)C. The third kappa shape index (κ3) is 6.22. The molecular weight excluding hydrogens is 296 g/mol. The van der Waals surface area contributed by atoms with E-state index >= 15 is 0 Å². The molecule has 0 aromatic carbocycles. The zero-order valence-electron chi connectivity index (χ0n) is 15.1. The van der Waals surface area contributed by atoms with Crippen molar-refractivity contribution in [3.05, 3.63) is 12.3 Å². The number of pyridine rings is 1. The second-order valence-corrected chi connectivity index (χ2v) is 6.54. The Morgan fingerprint density at radius 3 is 2.57 bits per heavy atom. The molecule has 0 radical (unpaired) electrons. The fourth-order valence-corrected chi connectivity index (χ4v) is 1.94. The van der Waals surface area contributed by atoms with Crippen LogP contribution in [0.1, 0.15) is 27.7 Å². The van der Waals surface area contributed by atoms with Crippen LogP contribution in [0.2, 0.25) is 0 Å². The Morgan fingerprint density at radius 1 is 1.39 bits per heavy atom. The zero-order valence-corrected chi connectivity index (χ0v) is 15.1. The van der Waals surface area contributed by atoms with Crippen LogP contribution in [0.25, 0.3) is 0 Å².